The summed E-state index contributed by atoms with van der Waals surface area (Å²) < 4.78 is 31.0. The summed E-state index contributed by atoms with van der Waals surface area (Å²) in [6, 6.07) is 0. The number of rotatable bonds is 4. The summed E-state index contributed by atoms with van der Waals surface area (Å²) in [5.41, 5.74) is 0. The van der Waals surface area contributed by atoms with E-state index in [-0.39, 0.29) is 0 Å². The van der Waals surface area contributed by atoms with Gasteiger partial charge in [0.1, 0.15) is 0 Å². The molecule has 2 N–H and O–H groups in total. The molecule has 1 saturated heterocycles. The summed E-state index contributed by atoms with van der Waals surface area (Å²) in [5, 5.41) is 0. The van der Waals surface area contributed by atoms with Crippen molar-refractivity contribution in [3.8, 4) is 0 Å². The second-order valence-corrected chi connectivity index (χ2v) is 4.51. The van der Waals surface area contributed by atoms with E-state index < -0.39 is 10.3 Å². The van der Waals surface area contributed by atoms with Gasteiger partial charge in [-0.1, -0.05) is 6.42 Å². The van der Waals surface area contributed by atoms with Crippen LogP contribution in [0.15, 0.2) is 0 Å². The van der Waals surface area contributed by atoms with E-state index in [9.17, 15) is 8.42 Å². The molecule has 1 aliphatic heterocycles. The fourth-order valence-corrected chi connectivity index (χ4v) is 1.86. The van der Waals surface area contributed by atoms with Crippen molar-refractivity contribution < 1.29 is 13.0 Å². The van der Waals surface area contributed by atoms with Gasteiger partial charge < -0.3 is 4.90 Å². The molecular weight excluding hydrogens is 192 g/mol. The Labute approximate surface area is 79.0 Å². The number of likely N-dealkylation sites (tertiary alicyclic amines) is 1. The second-order valence-electron chi connectivity index (χ2n) is 3.27. The Balaban J connectivity index is 2.11. The minimum absolute atomic E-state index is 0.291. The van der Waals surface area contributed by atoms with Gasteiger partial charge in [-0.25, -0.2) is 0 Å². The van der Waals surface area contributed by atoms with Crippen molar-refractivity contribution >= 4 is 10.3 Å². The lowest BCUT2D eigenvalue weighted by atomic mass is 10.1. The summed E-state index contributed by atoms with van der Waals surface area (Å²) in [4.78, 5) is 2.20. The average Bonchev–Trinajstić information content (AvgIpc) is 2.04. The number of piperidine rings is 1. The van der Waals surface area contributed by atoms with Crippen LogP contribution in [0.3, 0.4) is 0 Å². The Morgan fingerprint density at radius 3 is 2.38 bits per heavy atom. The molecule has 5 nitrogen and oxygen atoms in total. The molecule has 0 aliphatic carbocycles. The fourth-order valence-electron chi connectivity index (χ4n) is 1.52. The van der Waals surface area contributed by atoms with Gasteiger partial charge in [-0.3, -0.25) is 4.55 Å². The number of hydrogen-bond donors (Lipinski definition) is 2. The van der Waals surface area contributed by atoms with Crippen LogP contribution in [-0.2, 0) is 10.3 Å². The van der Waals surface area contributed by atoms with Crippen LogP contribution in [0.2, 0.25) is 0 Å². The molecule has 0 radical (unpaired) electrons. The van der Waals surface area contributed by atoms with E-state index in [1.54, 1.807) is 0 Å². The first kappa shape index (κ1) is 10.9. The van der Waals surface area contributed by atoms with Gasteiger partial charge in [0.05, 0.1) is 0 Å². The van der Waals surface area contributed by atoms with Crippen LogP contribution >= 0.6 is 0 Å². The maximum absolute atomic E-state index is 10.3. The molecule has 6 heteroatoms. The largest absolute Gasteiger partial charge is 0.333 e. The van der Waals surface area contributed by atoms with Crippen LogP contribution in [0, 0.1) is 0 Å². The summed E-state index contributed by atoms with van der Waals surface area (Å²) in [6.07, 6.45) is 3.64. The molecule has 1 aliphatic rings. The molecular formula is C7H16N2O3S. The minimum atomic E-state index is -4.00. The normalized spacial score (nSPS) is 20.4. The minimum Gasteiger partial charge on any atom is -0.302 e. The van der Waals surface area contributed by atoms with Gasteiger partial charge >= 0.3 is 10.3 Å². The van der Waals surface area contributed by atoms with E-state index in [1.807, 2.05) is 0 Å². The number of nitrogens with zero attached hydrogens (tertiary/aromatic N) is 1. The van der Waals surface area contributed by atoms with E-state index in [4.69, 9.17) is 4.55 Å². The van der Waals surface area contributed by atoms with E-state index in [0.717, 1.165) is 13.1 Å². The van der Waals surface area contributed by atoms with Crippen LogP contribution in [-0.4, -0.2) is 44.0 Å². The Hall–Kier alpha value is -0.170. The topological polar surface area (TPSA) is 69.6 Å². The van der Waals surface area contributed by atoms with E-state index in [2.05, 4.69) is 9.62 Å². The van der Waals surface area contributed by atoms with Crippen LogP contribution in [0.5, 0.6) is 0 Å². The number of nitrogens with one attached hydrogen (secondary N) is 1. The van der Waals surface area contributed by atoms with Crippen molar-refractivity contribution in [2.45, 2.75) is 19.3 Å². The van der Waals surface area contributed by atoms with E-state index >= 15 is 0 Å². The Bertz CT molecular complexity index is 234. The number of hydrogen-bond acceptors (Lipinski definition) is 3. The monoisotopic (exact) mass is 208 g/mol. The third-order valence-corrected chi connectivity index (χ3v) is 2.73. The van der Waals surface area contributed by atoms with Gasteiger partial charge in [0, 0.05) is 13.1 Å². The Morgan fingerprint density at radius 1 is 1.23 bits per heavy atom. The first-order valence-electron chi connectivity index (χ1n) is 4.52. The van der Waals surface area contributed by atoms with Crippen LogP contribution < -0.4 is 4.72 Å². The van der Waals surface area contributed by atoms with Crippen molar-refractivity contribution in [2.24, 2.45) is 0 Å². The lowest BCUT2D eigenvalue weighted by Gasteiger charge is -2.25. The van der Waals surface area contributed by atoms with Crippen molar-refractivity contribution in [1.82, 2.24) is 9.62 Å². The molecule has 0 unspecified atom stereocenters. The molecule has 13 heavy (non-hydrogen) atoms. The van der Waals surface area contributed by atoms with Gasteiger partial charge in [-0.05, 0) is 25.9 Å². The maximum atomic E-state index is 10.3. The molecule has 0 aromatic carbocycles. The van der Waals surface area contributed by atoms with E-state index in [1.165, 1.54) is 19.3 Å². The third-order valence-electron chi connectivity index (χ3n) is 2.16. The molecule has 0 bridgehead atoms. The smallest absolute Gasteiger partial charge is 0.302 e. The highest BCUT2D eigenvalue weighted by atomic mass is 32.2. The van der Waals surface area contributed by atoms with E-state index in [0.29, 0.717) is 13.1 Å². The SMILES string of the molecule is O=S(=O)(O)NCCN1CCCCC1. The Morgan fingerprint density at radius 2 is 1.85 bits per heavy atom. The highest BCUT2D eigenvalue weighted by Crippen LogP contribution is 2.07. The third kappa shape index (κ3) is 5.20. The molecule has 1 fully saturated rings. The first-order chi connectivity index (χ1) is 6.08. The van der Waals surface area contributed by atoms with Gasteiger partial charge in [-0.2, -0.15) is 13.1 Å². The zero-order chi connectivity index (χ0) is 9.73. The van der Waals surface area contributed by atoms with Gasteiger partial charge in [-0.15, -0.1) is 0 Å². The molecule has 1 heterocycles. The summed E-state index contributed by atoms with van der Waals surface area (Å²) in [6.45, 7) is 3.04. The van der Waals surface area contributed by atoms with Crippen molar-refractivity contribution in [2.75, 3.05) is 26.2 Å². The Kier molecular flexibility index (Phi) is 4.11. The van der Waals surface area contributed by atoms with Gasteiger partial charge in [0.25, 0.3) is 0 Å². The summed E-state index contributed by atoms with van der Waals surface area (Å²) >= 11 is 0. The summed E-state index contributed by atoms with van der Waals surface area (Å²) in [5.74, 6) is 0. The maximum Gasteiger partial charge on any atom is 0.333 e. The molecule has 0 aromatic rings. The van der Waals surface area contributed by atoms with Crippen LogP contribution in [0.25, 0.3) is 0 Å². The zero-order valence-corrected chi connectivity index (χ0v) is 8.39. The van der Waals surface area contributed by atoms with Crippen molar-refractivity contribution in [3.63, 3.8) is 0 Å². The predicted molar refractivity (Wildman–Crippen MR) is 49.8 cm³/mol. The average molecular weight is 208 g/mol. The quantitative estimate of drug-likeness (QED) is 0.631. The predicted octanol–water partition coefficient (Wildman–Crippen LogP) is -0.135. The second kappa shape index (κ2) is 4.90. The molecule has 0 saturated carbocycles. The van der Waals surface area contributed by atoms with Crippen LogP contribution in [0.4, 0.5) is 0 Å². The van der Waals surface area contributed by atoms with Crippen molar-refractivity contribution in [3.05, 3.63) is 0 Å². The molecule has 0 amide bonds. The van der Waals surface area contributed by atoms with Crippen LogP contribution in [0.1, 0.15) is 19.3 Å². The zero-order valence-electron chi connectivity index (χ0n) is 7.57. The standard InChI is InChI=1S/C7H16N2O3S/c10-13(11,12)8-4-7-9-5-2-1-3-6-9/h8H,1-7H2,(H,10,11,12). The van der Waals surface area contributed by atoms with Crippen molar-refractivity contribution in [1.29, 1.82) is 0 Å². The summed E-state index contributed by atoms with van der Waals surface area (Å²) in [7, 11) is -4.00. The van der Waals surface area contributed by atoms with Gasteiger partial charge in [0.15, 0.2) is 0 Å². The lowest BCUT2D eigenvalue weighted by Crippen LogP contribution is -2.37. The molecule has 78 valence electrons. The van der Waals surface area contributed by atoms with Gasteiger partial charge in [0.2, 0.25) is 0 Å². The molecule has 0 atom stereocenters. The highest BCUT2D eigenvalue weighted by molar-refractivity contribution is 7.83. The molecule has 0 aromatic heterocycles. The first-order valence-corrected chi connectivity index (χ1v) is 5.96. The highest BCUT2D eigenvalue weighted by Gasteiger charge is 2.10. The lowest BCUT2D eigenvalue weighted by molar-refractivity contribution is 0.232. The molecule has 0 spiro atoms. The fraction of sp³-hybridized carbons (Fsp3) is 1.00. The molecule has 1 rings (SSSR count).